The molecule has 54 heavy (non-hydrogen) atoms. The molecule has 0 fully saturated rings. The van der Waals surface area contributed by atoms with Gasteiger partial charge in [-0.15, -0.1) is 0 Å². The van der Waals surface area contributed by atoms with Crippen LogP contribution in [0.15, 0.2) is 81.6 Å². The molecule has 2 heterocycles. The van der Waals surface area contributed by atoms with E-state index >= 15 is 0 Å². The van der Waals surface area contributed by atoms with Gasteiger partial charge in [0, 0.05) is 34.0 Å². The number of sulfonamides is 1. The maximum absolute atomic E-state index is 13.3. The average molecular weight is 765 g/mol. The molecule has 0 unspecified atom stereocenters. The molecule has 6 rings (SSSR count). The highest BCUT2D eigenvalue weighted by Crippen LogP contribution is 2.41. The summed E-state index contributed by atoms with van der Waals surface area (Å²) in [4.78, 5) is 24.8. The number of halogens is 2. The van der Waals surface area contributed by atoms with Crippen LogP contribution in [0.5, 0.6) is 11.5 Å². The Morgan fingerprint density at radius 2 is 1.09 bits per heavy atom. The van der Waals surface area contributed by atoms with E-state index in [2.05, 4.69) is 4.72 Å². The fourth-order valence-corrected chi connectivity index (χ4v) is 6.03. The summed E-state index contributed by atoms with van der Waals surface area (Å²) in [5, 5.41) is 0.905. The maximum Gasteiger partial charge on any atom is 0.342 e. The Kier molecular flexibility index (Phi) is 11.5. The summed E-state index contributed by atoms with van der Waals surface area (Å²) in [7, 11) is -1.06. The molecule has 284 valence electrons. The zero-order valence-electron chi connectivity index (χ0n) is 30.4. The Hall–Kier alpha value is -6.09. The van der Waals surface area contributed by atoms with Gasteiger partial charge in [0.1, 0.15) is 56.9 Å². The van der Waals surface area contributed by atoms with Crippen LogP contribution >= 0.6 is 0 Å². The number of ether oxygens (including phenoxy) is 4. The minimum atomic E-state index is -3.59. The molecule has 0 aliphatic rings. The zero-order chi connectivity index (χ0) is 39.5. The van der Waals surface area contributed by atoms with Crippen molar-refractivity contribution in [3.05, 3.63) is 95.6 Å². The zero-order valence-corrected chi connectivity index (χ0v) is 31.2. The molecule has 0 spiro atoms. The highest BCUT2D eigenvalue weighted by atomic mass is 32.2. The second-order valence-corrected chi connectivity index (χ2v) is 14.3. The average Bonchev–Trinajstić information content (AvgIpc) is 3.65. The Morgan fingerprint density at radius 1 is 0.685 bits per heavy atom. The van der Waals surface area contributed by atoms with Gasteiger partial charge in [-0.05, 0) is 88.4 Å². The number of nitrogen functional groups attached to an aromatic ring is 1. The number of methoxy groups -OCH3 is 2. The van der Waals surface area contributed by atoms with Crippen LogP contribution in [0.3, 0.4) is 0 Å². The summed E-state index contributed by atoms with van der Waals surface area (Å²) in [6.07, 6.45) is 0.685. The van der Waals surface area contributed by atoms with Gasteiger partial charge in [-0.1, -0.05) is 0 Å². The molecule has 12 nitrogen and oxygen atoms in total. The van der Waals surface area contributed by atoms with E-state index in [9.17, 15) is 26.8 Å². The van der Waals surface area contributed by atoms with Crippen LogP contribution in [-0.4, -0.2) is 53.0 Å². The molecule has 0 saturated heterocycles. The fraction of sp³-hybridized carbons (Fsp3) is 0.231. The van der Waals surface area contributed by atoms with E-state index in [1.165, 1.54) is 74.9 Å². The second kappa shape index (κ2) is 15.9. The Labute approximate surface area is 309 Å². The van der Waals surface area contributed by atoms with Crippen molar-refractivity contribution in [1.82, 2.24) is 0 Å². The van der Waals surface area contributed by atoms with E-state index in [-0.39, 0.29) is 51.9 Å². The Morgan fingerprint density at radius 3 is 1.50 bits per heavy atom. The number of rotatable bonds is 10. The predicted octanol–water partition coefficient (Wildman–Crippen LogP) is 8.58. The highest BCUT2D eigenvalue weighted by Gasteiger charge is 2.27. The van der Waals surface area contributed by atoms with Gasteiger partial charge in [0.2, 0.25) is 10.0 Å². The van der Waals surface area contributed by atoms with Crippen LogP contribution < -0.4 is 19.9 Å². The first-order valence-corrected chi connectivity index (χ1v) is 18.3. The summed E-state index contributed by atoms with van der Waals surface area (Å²) >= 11 is 0. The van der Waals surface area contributed by atoms with Crippen LogP contribution in [-0.2, 0) is 19.5 Å². The number of nitrogens with one attached hydrogen (secondary N) is 1. The molecule has 0 aliphatic heterocycles. The van der Waals surface area contributed by atoms with Crippen molar-refractivity contribution < 1.29 is 54.6 Å². The summed E-state index contributed by atoms with van der Waals surface area (Å²) in [6, 6.07) is 17.3. The molecular formula is C39H38F2N2O10S. The Bertz CT molecular complexity index is 2440. The molecule has 0 amide bonds. The summed E-state index contributed by atoms with van der Waals surface area (Å²) in [5.41, 5.74) is 8.65. The van der Waals surface area contributed by atoms with E-state index in [4.69, 9.17) is 33.5 Å². The monoisotopic (exact) mass is 764 g/mol. The van der Waals surface area contributed by atoms with E-state index < -0.39 is 27.8 Å². The quantitative estimate of drug-likeness (QED) is 0.101. The summed E-state index contributed by atoms with van der Waals surface area (Å²) < 4.78 is 85.3. The number of carbonyl (C=O) groups excluding carboxylic acids is 2. The number of carbonyl (C=O) groups is 2. The number of anilines is 2. The van der Waals surface area contributed by atoms with E-state index in [1.807, 2.05) is 13.8 Å². The van der Waals surface area contributed by atoms with Gasteiger partial charge in [-0.25, -0.2) is 26.8 Å². The lowest BCUT2D eigenvalue weighted by molar-refractivity contribution is 0.0594. The van der Waals surface area contributed by atoms with Gasteiger partial charge >= 0.3 is 11.9 Å². The molecule has 2 aromatic heterocycles. The van der Waals surface area contributed by atoms with Gasteiger partial charge in [-0.3, -0.25) is 4.72 Å². The fourth-order valence-electron chi connectivity index (χ4n) is 5.47. The molecule has 0 radical (unpaired) electrons. The maximum atomic E-state index is 13.3. The SMILES string of the molecule is COC(=O)c1c(-c2ccc(F)cc2)oc2cc(N)c(OC(C)C)cc12.COC(=O)c1c(-c2ccc(F)cc2)oc2cc(NS(C)(=O)=O)c(OC(C)C)cc12. The Balaban J connectivity index is 0.000000210. The van der Waals surface area contributed by atoms with Crippen LogP contribution in [0.1, 0.15) is 48.4 Å². The molecule has 6 aromatic rings. The van der Waals surface area contributed by atoms with Crippen molar-refractivity contribution in [3.8, 4) is 34.1 Å². The standard InChI is InChI=1S/C20H20FNO6S.C19H18FNO4/c1-11(2)27-17-9-14-16(10-15(17)22-29(4,24)25)28-19(18(14)20(23)26-3)12-5-7-13(21)8-6-12;1-10(2)24-16-8-13-15(9-14(16)21)25-18(17(13)19(22)23-3)11-4-6-12(20)7-5-11/h5-11,22H,1-4H3;4-10H,21H2,1-3H3. The normalized spacial score (nSPS) is 11.4. The van der Waals surface area contributed by atoms with Crippen molar-refractivity contribution >= 4 is 55.3 Å². The van der Waals surface area contributed by atoms with Crippen molar-refractivity contribution in [3.63, 3.8) is 0 Å². The molecule has 0 bridgehead atoms. The van der Waals surface area contributed by atoms with Crippen molar-refractivity contribution in [2.24, 2.45) is 0 Å². The highest BCUT2D eigenvalue weighted by molar-refractivity contribution is 7.92. The van der Waals surface area contributed by atoms with Crippen LogP contribution in [0.4, 0.5) is 20.2 Å². The molecule has 0 saturated carbocycles. The second-order valence-electron chi connectivity index (χ2n) is 12.5. The van der Waals surface area contributed by atoms with Crippen LogP contribution in [0.25, 0.3) is 44.6 Å². The van der Waals surface area contributed by atoms with Crippen molar-refractivity contribution in [1.29, 1.82) is 0 Å². The molecule has 15 heteroatoms. The topological polar surface area (TPSA) is 170 Å². The molecule has 0 aliphatic carbocycles. The van der Waals surface area contributed by atoms with Gasteiger partial charge in [0.15, 0.2) is 0 Å². The summed E-state index contributed by atoms with van der Waals surface area (Å²) in [6.45, 7) is 7.33. The molecule has 4 aromatic carbocycles. The number of furan rings is 2. The third-order valence-electron chi connectivity index (χ3n) is 7.62. The number of benzene rings is 4. The largest absolute Gasteiger partial charge is 0.489 e. The van der Waals surface area contributed by atoms with Gasteiger partial charge in [0.25, 0.3) is 0 Å². The minimum absolute atomic E-state index is 0.0789. The molecule has 0 atom stereocenters. The lowest BCUT2D eigenvalue weighted by Gasteiger charge is -2.15. The van der Waals surface area contributed by atoms with E-state index in [0.717, 1.165) is 6.26 Å². The number of hydrogen-bond acceptors (Lipinski definition) is 11. The first kappa shape index (κ1) is 39.1. The lowest BCUT2D eigenvalue weighted by atomic mass is 10.0. The molecular weight excluding hydrogens is 726 g/mol. The first-order valence-electron chi connectivity index (χ1n) is 16.5. The van der Waals surface area contributed by atoms with Crippen LogP contribution in [0, 0.1) is 11.6 Å². The number of fused-ring (bicyclic) bond motifs is 2. The van der Waals surface area contributed by atoms with Gasteiger partial charge < -0.3 is 33.5 Å². The van der Waals surface area contributed by atoms with Crippen molar-refractivity contribution in [2.75, 3.05) is 30.9 Å². The minimum Gasteiger partial charge on any atom is -0.489 e. The van der Waals surface area contributed by atoms with E-state index in [1.54, 1.807) is 26.0 Å². The number of nitrogens with two attached hydrogens (primary N) is 1. The van der Waals surface area contributed by atoms with E-state index in [0.29, 0.717) is 44.7 Å². The third-order valence-corrected chi connectivity index (χ3v) is 8.21. The van der Waals surface area contributed by atoms with Crippen molar-refractivity contribution in [2.45, 2.75) is 39.9 Å². The van der Waals surface area contributed by atoms with Gasteiger partial charge in [-0.2, -0.15) is 0 Å². The predicted molar refractivity (Wildman–Crippen MR) is 200 cm³/mol. The lowest BCUT2D eigenvalue weighted by Crippen LogP contribution is -2.13. The van der Waals surface area contributed by atoms with Gasteiger partial charge in [0.05, 0.1) is 44.1 Å². The summed E-state index contributed by atoms with van der Waals surface area (Å²) in [5.74, 6) is -0.857. The number of esters is 2. The smallest absolute Gasteiger partial charge is 0.342 e. The van der Waals surface area contributed by atoms with Crippen LogP contribution in [0.2, 0.25) is 0 Å². The molecule has 3 N–H and O–H groups in total. The number of hydrogen-bond donors (Lipinski definition) is 2. The first-order chi connectivity index (χ1) is 25.5. The third kappa shape index (κ3) is 8.74.